The molecule has 2 rings (SSSR count). The van der Waals surface area contributed by atoms with Crippen molar-refractivity contribution < 1.29 is 4.74 Å². The highest BCUT2D eigenvalue weighted by Gasteiger charge is 2.13. The summed E-state index contributed by atoms with van der Waals surface area (Å²) in [7, 11) is 0. The van der Waals surface area contributed by atoms with Crippen LogP contribution in [0, 0.1) is 18.3 Å². The van der Waals surface area contributed by atoms with E-state index < -0.39 is 0 Å². The molecule has 102 valence electrons. The van der Waals surface area contributed by atoms with Gasteiger partial charge in [0.25, 0.3) is 0 Å². The lowest BCUT2D eigenvalue weighted by Crippen LogP contribution is -2.10. The van der Waals surface area contributed by atoms with Gasteiger partial charge in [0.15, 0.2) is 0 Å². The number of ether oxygens (including phenoxy) is 1. The van der Waals surface area contributed by atoms with Crippen molar-refractivity contribution in [1.82, 2.24) is 4.98 Å². The lowest BCUT2D eigenvalue weighted by atomic mass is 9.87. The summed E-state index contributed by atoms with van der Waals surface area (Å²) in [6.45, 7) is 8.36. The molecule has 0 N–H and O–H groups in total. The molecule has 0 aliphatic carbocycles. The topological polar surface area (TPSA) is 45.9 Å². The summed E-state index contributed by atoms with van der Waals surface area (Å²) in [6, 6.07) is 13.4. The Kier molecular flexibility index (Phi) is 3.76. The quantitative estimate of drug-likeness (QED) is 0.811. The van der Waals surface area contributed by atoms with Crippen LogP contribution in [0.15, 0.2) is 36.4 Å². The van der Waals surface area contributed by atoms with E-state index in [2.05, 4.69) is 44.0 Å². The molecular weight excluding hydrogens is 248 g/mol. The molecule has 0 spiro atoms. The smallest absolute Gasteiger partial charge is 0.220 e. The third-order valence-electron chi connectivity index (χ3n) is 3.00. The van der Waals surface area contributed by atoms with Crippen molar-refractivity contribution in [2.45, 2.75) is 33.1 Å². The van der Waals surface area contributed by atoms with Crippen LogP contribution in [0.1, 0.15) is 37.6 Å². The predicted molar refractivity (Wildman–Crippen MR) is 78.9 cm³/mol. The zero-order valence-electron chi connectivity index (χ0n) is 12.3. The summed E-state index contributed by atoms with van der Waals surface area (Å²) >= 11 is 0. The van der Waals surface area contributed by atoms with Gasteiger partial charge in [0, 0.05) is 11.8 Å². The van der Waals surface area contributed by atoms with E-state index in [1.807, 2.05) is 19.1 Å². The minimum atomic E-state index is 0.119. The molecule has 0 saturated carbocycles. The predicted octanol–water partition coefficient (Wildman–Crippen LogP) is 4.35. The number of hydrogen-bond acceptors (Lipinski definition) is 3. The summed E-state index contributed by atoms with van der Waals surface area (Å²) in [5, 5.41) is 8.95. The average molecular weight is 266 g/mol. The Balaban J connectivity index is 2.23. The molecule has 0 saturated heterocycles. The molecule has 0 fully saturated rings. The second-order valence-electron chi connectivity index (χ2n) is 5.82. The van der Waals surface area contributed by atoms with Gasteiger partial charge in [0.1, 0.15) is 5.75 Å². The normalized spacial score (nSPS) is 10.9. The van der Waals surface area contributed by atoms with Crippen LogP contribution in [0.2, 0.25) is 0 Å². The Hall–Kier alpha value is -2.34. The summed E-state index contributed by atoms with van der Waals surface area (Å²) in [5.41, 5.74) is 2.69. The molecule has 0 aliphatic heterocycles. The van der Waals surface area contributed by atoms with Crippen molar-refractivity contribution in [2.24, 2.45) is 0 Å². The van der Waals surface area contributed by atoms with Crippen LogP contribution in [0.4, 0.5) is 0 Å². The number of hydrogen-bond donors (Lipinski definition) is 0. The number of aromatic nitrogens is 1. The van der Waals surface area contributed by atoms with Gasteiger partial charge in [-0.2, -0.15) is 5.26 Å². The zero-order valence-corrected chi connectivity index (χ0v) is 12.3. The van der Waals surface area contributed by atoms with Gasteiger partial charge in [0.05, 0.1) is 11.6 Å². The number of aryl methyl sites for hydroxylation is 1. The fraction of sp³-hybridized carbons (Fsp3) is 0.294. The van der Waals surface area contributed by atoms with Gasteiger partial charge in [-0.25, -0.2) is 4.98 Å². The summed E-state index contributed by atoms with van der Waals surface area (Å²) in [4.78, 5) is 4.27. The largest absolute Gasteiger partial charge is 0.439 e. The number of nitrogens with zero attached hydrogens (tertiary/aromatic N) is 2. The van der Waals surface area contributed by atoms with Gasteiger partial charge in [-0.15, -0.1) is 0 Å². The standard InChI is InChI=1S/C17H18N2O/c1-12-9-13(11-18)10-16(19-12)20-15-7-5-14(6-8-15)17(2,3)4/h5-10H,1-4H3. The van der Waals surface area contributed by atoms with Crippen molar-refractivity contribution in [3.8, 4) is 17.7 Å². The van der Waals surface area contributed by atoms with E-state index in [0.717, 1.165) is 11.4 Å². The molecule has 0 aliphatic rings. The van der Waals surface area contributed by atoms with Gasteiger partial charge in [0.2, 0.25) is 5.88 Å². The van der Waals surface area contributed by atoms with E-state index in [1.54, 1.807) is 12.1 Å². The Labute approximate surface area is 119 Å². The SMILES string of the molecule is Cc1cc(C#N)cc(Oc2ccc(C(C)(C)C)cc2)n1. The number of nitriles is 1. The molecule has 2 aromatic rings. The minimum Gasteiger partial charge on any atom is -0.439 e. The van der Waals surface area contributed by atoms with E-state index >= 15 is 0 Å². The minimum absolute atomic E-state index is 0.119. The van der Waals surface area contributed by atoms with Crippen molar-refractivity contribution in [3.63, 3.8) is 0 Å². The molecule has 3 nitrogen and oxygen atoms in total. The first-order chi connectivity index (χ1) is 9.38. The maximum Gasteiger partial charge on any atom is 0.220 e. The first kappa shape index (κ1) is 14.1. The van der Waals surface area contributed by atoms with Crippen molar-refractivity contribution in [3.05, 3.63) is 53.2 Å². The van der Waals surface area contributed by atoms with Crippen LogP contribution in [0.3, 0.4) is 0 Å². The number of pyridine rings is 1. The second-order valence-corrected chi connectivity index (χ2v) is 5.82. The third kappa shape index (κ3) is 3.36. The Morgan fingerprint density at radius 1 is 1.10 bits per heavy atom. The van der Waals surface area contributed by atoms with Crippen LogP contribution in [-0.2, 0) is 5.41 Å². The van der Waals surface area contributed by atoms with Crippen LogP contribution < -0.4 is 4.74 Å². The molecule has 1 heterocycles. The Morgan fingerprint density at radius 2 is 1.75 bits per heavy atom. The number of benzene rings is 1. The summed E-state index contributed by atoms with van der Waals surface area (Å²) < 4.78 is 5.71. The van der Waals surface area contributed by atoms with E-state index in [4.69, 9.17) is 10.00 Å². The van der Waals surface area contributed by atoms with E-state index in [9.17, 15) is 0 Å². The lowest BCUT2D eigenvalue weighted by Gasteiger charge is -2.19. The molecule has 20 heavy (non-hydrogen) atoms. The van der Waals surface area contributed by atoms with Crippen molar-refractivity contribution in [1.29, 1.82) is 5.26 Å². The lowest BCUT2D eigenvalue weighted by molar-refractivity contribution is 0.460. The zero-order chi connectivity index (χ0) is 14.8. The van der Waals surface area contributed by atoms with Gasteiger partial charge >= 0.3 is 0 Å². The van der Waals surface area contributed by atoms with Crippen LogP contribution >= 0.6 is 0 Å². The van der Waals surface area contributed by atoms with Crippen molar-refractivity contribution >= 4 is 0 Å². The van der Waals surface area contributed by atoms with E-state index in [-0.39, 0.29) is 5.41 Å². The number of rotatable bonds is 2. The highest BCUT2D eigenvalue weighted by molar-refractivity contribution is 5.37. The maximum atomic E-state index is 8.95. The van der Waals surface area contributed by atoms with Crippen LogP contribution in [0.25, 0.3) is 0 Å². The van der Waals surface area contributed by atoms with Crippen LogP contribution in [0.5, 0.6) is 11.6 Å². The fourth-order valence-electron chi connectivity index (χ4n) is 1.90. The molecule has 1 aromatic carbocycles. The first-order valence-corrected chi connectivity index (χ1v) is 6.56. The van der Waals surface area contributed by atoms with Gasteiger partial charge in [-0.3, -0.25) is 0 Å². The molecule has 0 atom stereocenters. The van der Waals surface area contributed by atoms with Crippen LogP contribution in [-0.4, -0.2) is 4.98 Å². The van der Waals surface area contributed by atoms with Gasteiger partial charge in [-0.05, 0) is 36.1 Å². The third-order valence-corrected chi connectivity index (χ3v) is 3.00. The second kappa shape index (κ2) is 5.34. The highest BCUT2D eigenvalue weighted by atomic mass is 16.5. The van der Waals surface area contributed by atoms with E-state index in [0.29, 0.717) is 11.4 Å². The highest BCUT2D eigenvalue weighted by Crippen LogP contribution is 2.26. The Bertz CT molecular complexity index is 646. The van der Waals surface area contributed by atoms with Crippen molar-refractivity contribution in [2.75, 3.05) is 0 Å². The molecule has 0 bridgehead atoms. The summed E-state index contributed by atoms with van der Waals surface area (Å²) in [5.74, 6) is 1.17. The Morgan fingerprint density at radius 3 is 2.30 bits per heavy atom. The molecule has 0 amide bonds. The fourth-order valence-corrected chi connectivity index (χ4v) is 1.90. The molecule has 0 unspecified atom stereocenters. The summed E-state index contributed by atoms with van der Waals surface area (Å²) in [6.07, 6.45) is 0. The first-order valence-electron chi connectivity index (χ1n) is 6.56. The molecular formula is C17H18N2O. The van der Waals surface area contributed by atoms with E-state index in [1.165, 1.54) is 5.56 Å². The van der Waals surface area contributed by atoms with Gasteiger partial charge < -0.3 is 4.74 Å². The average Bonchev–Trinajstić information content (AvgIpc) is 2.37. The monoisotopic (exact) mass is 266 g/mol. The van der Waals surface area contributed by atoms with Gasteiger partial charge in [-0.1, -0.05) is 32.9 Å². The maximum absolute atomic E-state index is 8.95. The molecule has 1 aromatic heterocycles. The molecule has 3 heteroatoms. The molecule has 0 radical (unpaired) electrons.